The number of carbonyl (C=O) groups excluding carboxylic acids is 3. The zero-order valence-corrected chi connectivity index (χ0v) is 18.2. The Labute approximate surface area is 189 Å². The molecule has 8 heteroatoms. The van der Waals surface area contributed by atoms with Gasteiger partial charge in [-0.1, -0.05) is 42.5 Å². The van der Waals surface area contributed by atoms with Crippen LogP contribution in [0.1, 0.15) is 24.0 Å². The van der Waals surface area contributed by atoms with Gasteiger partial charge in [0.05, 0.1) is 25.5 Å². The molecular formula is C25H24F2N2O4. The van der Waals surface area contributed by atoms with Crippen molar-refractivity contribution in [3.63, 3.8) is 0 Å². The Bertz CT molecular complexity index is 1170. The van der Waals surface area contributed by atoms with E-state index in [-0.39, 0.29) is 12.0 Å². The molecule has 33 heavy (non-hydrogen) atoms. The van der Waals surface area contributed by atoms with Crippen molar-refractivity contribution in [1.29, 1.82) is 0 Å². The molecule has 1 amide bonds. The van der Waals surface area contributed by atoms with Crippen LogP contribution in [0.3, 0.4) is 0 Å². The fourth-order valence-electron chi connectivity index (χ4n) is 3.85. The average Bonchev–Trinajstić information content (AvgIpc) is 2.77. The van der Waals surface area contributed by atoms with Crippen LogP contribution in [0.2, 0.25) is 0 Å². The van der Waals surface area contributed by atoms with Gasteiger partial charge in [-0.2, -0.15) is 0 Å². The quantitative estimate of drug-likeness (QED) is 0.510. The predicted octanol–water partition coefficient (Wildman–Crippen LogP) is 3.02. The van der Waals surface area contributed by atoms with E-state index < -0.39 is 47.3 Å². The first-order chi connectivity index (χ1) is 15.7. The average molecular weight is 454 g/mol. The van der Waals surface area contributed by atoms with Gasteiger partial charge in [0, 0.05) is 6.07 Å². The number of fused-ring (bicyclic) bond motifs is 1. The number of ketones is 1. The van der Waals surface area contributed by atoms with Gasteiger partial charge in [0.25, 0.3) is 0 Å². The minimum atomic E-state index is -1.30. The van der Waals surface area contributed by atoms with E-state index in [1.807, 2.05) is 24.3 Å². The van der Waals surface area contributed by atoms with E-state index in [1.165, 1.54) is 14.0 Å². The Hall–Kier alpha value is -3.65. The number of esters is 1. The van der Waals surface area contributed by atoms with E-state index in [1.54, 1.807) is 18.2 Å². The number of halogens is 2. The fourth-order valence-corrected chi connectivity index (χ4v) is 3.85. The largest absolute Gasteiger partial charge is 0.468 e. The molecule has 3 aromatic carbocycles. The smallest absolute Gasteiger partial charge is 0.323 e. The zero-order valence-electron chi connectivity index (χ0n) is 18.2. The van der Waals surface area contributed by atoms with Crippen molar-refractivity contribution in [3.05, 3.63) is 83.4 Å². The summed E-state index contributed by atoms with van der Waals surface area (Å²) in [5.41, 5.74) is 6.79. The standard InChI is InChI=1S/C25H24F2N2O4/c1-14(29-21(30)12-15-10-17(26)13-18(27)11-15)24(31)22(23(28)25(32)33-2)20-9-5-7-16-6-3-4-8-19(16)20/h3-11,13-14,22-23H,12,28H2,1-2H3,(H,29,30)/t14-,22?,23?/m0/s1. The number of nitrogens with one attached hydrogen (secondary N) is 1. The normalized spacial score (nSPS) is 13.7. The first kappa shape index (κ1) is 24.0. The van der Waals surface area contributed by atoms with E-state index in [0.717, 1.165) is 22.9 Å². The summed E-state index contributed by atoms with van der Waals surface area (Å²) in [5.74, 6) is -4.57. The summed E-state index contributed by atoms with van der Waals surface area (Å²) in [6, 6.07) is 13.1. The number of rotatable bonds is 8. The maximum Gasteiger partial charge on any atom is 0.323 e. The van der Waals surface area contributed by atoms with Gasteiger partial charge < -0.3 is 15.8 Å². The molecule has 0 heterocycles. The van der Waals surface area contributed by atoms with E-state index in [2.05, 4.69) is 5.32 Å². The van der Waals surface area contributed by atoms with Crippen LogP contribution in [-0.4, -0.2) is 36.9 Å². The van der Waals surface area contributed by atoms with Gasteiger partial charge >= 0.3 is 5.97 Å². The highest BCUT2D eigenvalue weighted by molar-refractivity contribution is 6.01. The van der Waals surface area contributed by atoms with Gasteiger partial charge in [-0.05, 0) is 41.0 Å². The summed E-state index contributed by atoms with van der Waals surface area (Å²) in [6.07, 6.45) is -0.325. The van der Waals surface area contributed by atoms with E-state index in [0.29, 0.717) is 11.6 Å². The molecule has 0 saturated carbocycles. The van der Waals surface area contributed by atoms with Gasteiger partial charge in [0.2, 0.25) is 5.91 Å². The number of benzene rings is 3. The van der Waals surface area contributed by atoms with Crippen molar-refractivity contribution in [2.24, 2.45) is 5.73 Å². The molecule has 0 radical (unpaired) electrons. The first-order valence-electron chi connectivity index (χ1n) is 10.3. The summed E-state index contributed by atoms with van der Waals surface area (Å²) in [6.45, 7) is 1.47. The highest BCUT2D eigenvalue weighted by Gasteiger charge is 2.36. The zero-order chi connectivity index (χ0) is 24.1. The lowest BCUT2D eigenvalue weighted by Crippen LogP contribution is -2.48. The molecule has 0 aliphatic rings. The molecule has 3 rings (SSSR count). The van der Waals surface area contributed by atoms with Gasteiger partial charge in [-0.15, -0.1) is 0 Å². The number of ether oxygens (including phenoxy) is 1. The summed E-state index contributed by atoms with van der Waals surface area (Å²) in [5, 5.41) is 4.13. The fraction of sp³-hybridized carbons (Fsp3) is 0.240. The molecular weight excluding hydrogens is 430 g/mol. The van der Waals surface area contributed by atoms with Crippen molar-refractivity contribution in [2.75, 3.05) is 7.11 Å². The number of hydrogen-bond donors (Lipinski definition) is 2. The molecule has 0 aliphatic carbocycles. The lowest BCUT2D eigenvalue weighted by Gasteiger charge is -2.26. The molecule has 0 bridgehead atoms. The number of Topliss-reactive ketones (excluding diaryl/α,β-unsaturated/α-hetero) is 1. The lowest BCUT2D eigenvalue weighted by atomic mass is 9.82. The maximum absolute atomic E-state index is 13.4. The van der Waals surface area contributed by atoms with Crippen LogP contribution < -0.4 is 11.1 Å². The van der Waals surface area contributed by atoms with Crippen molar-refractivity contribution >= 4 is 28.4 Å². The molecule has 0 spiro atoms. The minimum absolute atomic E-state index is 0.126. The Balaban J connectivity index is 1.88. The molecule has 0 aliphatic heterocycles. The maximum atomic E-state index is 13.4. The van der Waals surface area contributed by atoms with Crippen LogP contribution in [0.15, 0.2) is 60.7 Å². The molecule has 172 valence electrons. The number of amides is 1. The number of methoxy groups -OCH3 is 1. The molecule has 0 saturated heterocycles. The predicted molar refractivity (Wildman–Crippen MR) is 119 cm³/mol. The van der Waals surface area contributed by atoms with Crippen molar-refractivity contribution in [3.8, 4) is 0 Å². The van der Waals surface area contributed by atoms with Crippen LogP contribution >= 0.6 is 0 Å². The molecule has 6 nitrogen and oxygen atoms in total. The third-order valence-electron chi connectivity index (χ3n) is 5.39. The Morgan fingerprint density at radius 3 is 2.30 bits per heavy atom. The molecule has 3 aromatic rings. The van der Waals surface area contributed by atoms with E-state index >= 15 is 0 Å². The highest BCUT2D eigenvalue weighted by atomic mass is 19.1. The van der Waals surface area contributed by atoms with Crippen LogP contribution in [0.4, 0.5) is 8.78 Å². The van der Waals surface area contributed by atoms with Crippen LogP contribution in [0.5, 0.6) is 0 Å². The van der Waals surface area contributed by atoms with Crippen LogP contribution in [0.25, 0.3) is 10.8 Å². The minimum Gasteiger partial charge on any atom is -0.468 e. The van der Waals surface area contributed by atoms with Crippen molar-refractivity contribution in [2.45, 2.75) is 31.3 Å². The molecule has 2 unspecified atom stereocenters. The number of carbonyl (C=O) groups is 3. The number of hydrogen-bond acceptors (Lipinski definition) is 5. The Kier molecular flexibility index (Phi) is 7.50. The van der Waals surface area contributed by atoms with Gasteiger partial charge in [0.1, 0.15) is 17.7 Å². The second kappa shape index (κ2) is 10.3. The third-order valence-corrected chi connectivity index (χ3v) is 5.39. The van der Waals surface area contributed by atoms with Gasteiger partial charge in [0.15, 0.2) is 5.78 Å². The summed E-state index contributed by atoms with van der Waals surface area (Å²) in [7, 11) is 1.18. The summed E-state index contributed by atoms with van der Waals surface area (Å²) in [4.78, 5) is 38.1. The molecule has 3 N–H and O–H groups in total. The monoisotopic (exact) mass is 454 g/mol. The van der Waals surface area contributed by atoms with Crippen LogP contribution in [-0.2, 0) is 25.5 Å². The van der Waals surface area contributed by atoms with Gasteiger partial charge in [-0.25, -0.2) is 8.78 Å². The van der Waals surface area contributed by atoms with E-state index in [4.69, 9.17) is 10.5 Å². The second-order valence-corrected chi connectivity index (χ2v) is 7.74. The highest BCUT2D eigenvalue weighted by Crippen LogP contribution is 2.29. The first-order valence-corrected chi connectivity index (χ1v) is 10.3. The SMILES string of the molecule is COC(=O)C(N)C(C(=O)[C@H](C)NC(=O)Cc1cc(F)cc(F)c1)c1cccc2ccccc12. The van der Waals surface area contributed by atoms with Crippen molar-refractivity contribution in [1.82, 2.24) is 5.32 Å². The second-order valence-electron chi connectivity index (χ2n) is 7.74. The molecule has 0 fully saturated rings. The van der Waals surface area contributed by atoms with Crippen LogP contribution in [0, 0.1) is 11.6 Å². The Morgan fingerprint density at radius 1 is 1.00 bits per heavy atom. The summed E-state index contributed by atoms with van der Waals surface area (Å²) < 4.78 is 31.6. The third kappa shape index (κ3) is 5.59. The lowest BCUT2D eigenvalue weighted by molar-refractivity contribution is -0.144. The van der Waals surface area contributed by atoms with E-state index in [9.17, 15) is 23.2 Å². The molecule has 0 aromatic heterocycles. The van der Waals surface area contributed by atoms with Crippen molar-refractivity contribution < 1.29 is 27.9 Å². The summed E-state index contributed by atoms with van der Waals surface area (Å²) >= 11 is 0. The molecule has 3 atom stereocenters. The Morgan fingerprint density at radius 2 is 1.64 bits per heavy atom. The topological polar surface area (TPSA) is 98.5 Å². The van der Waals surface area contributed by atoms with Gasteiger partial charge in [-0.3, -0.25) is 14.4 Å². The number of nitrogens with two attached hydrogens (primary N) is 1.